The average Bonchev–Trinajstić information content (AvgIpc) is 3.03. The molecule has 0 radical (unpaired) electrons. The van der Waals surface area contributed by atoms with Crippen LogP contribution in [0.2, 0.25) is 0 Å². The first-order valence-electron chi connectivity index (χ1n) is 8.42. The van der Waals surface area contributed by atoms with Gasteiger partial charge >= 0.3 is 6.09 Å². The summed E-state index contributed by atoms with van der Waals surface area (Å²) >= 11 is 1.36. The van der Waals surface area contributed by atoms with Gasteiger partial charge in [0.25, 0.3) is 0 Å². The number of nitrogens with one attached hydrogen (secondary N) is 2. The molecule has 7 nitrogen and oxygen atoms in total. The summed E-state index contributed by atoms with van der Waals surface area (Å²) in [5.74, 6) is -0.313. The second-order valence-electron chi connectivity index (χ2n) is 5.95. The minimum absolute atomic E-state index is 0.225. The molecular formula is C19H18N4O3S. The van der Waals surface area contributed by atoms with Crippen LogP contribution in [0, 0.1) is 11.3 Å². The zero-order valence-corrected chi connectivity index (χ0v) is 15.5. The molecule has 0 spiro atoms. The molecule has 0 aliphatic heterocycles. The molecule has 1 aliphatic carbocycles. The van der Waals surface area contributed by atoms with E-state index in [-0.39, 0.29) is 12.0 Å². The zero-order chi connectivity index (χ0) is 19.2. The van der Waals surface area contributed by atoms with Crippen molar-refractivity contribution in [3.63, 3.8) is 0 Å². The van der Waals surface area contributed by atoms with E-state index in [1.807, 2.05) is 6.07 Å². The number of aromatic nitrogens is 1. The fourth-order valence-corrected chi connectivity index (χ4v) is 4.14. The van der Waals surface area contributed by atoms with Crippen molar-refractivity contribution >= 4 is 34.4 Å². The van der Waals surface area contributed by atoms with Crippen LogP contribution in [0.25, 0.3) is 6.08 Å². The van der Waals surface area contributed by atoms with E-state index in [2.05, 4.69) is 21.7 Å². The van der Waals surface area contributed by atoms with Gasteiger partial charge in [-0.2, -0.15) is 5.26 Å². The number of thiophene rings is 1. The van der Waals surface area contributed by atoms with Gasteiger partial charge in [-0.15, -0.1) is 11.3 Å². The fraction of sp³-hybridized carbons (Fsp3) is 0.263. The van der Waals surface area contributed by atoms with E-state index in [0.29, 0.717) is 29.8 Å². The largest absolute Gasteiger partial charge is 0.446 e. The molecule has 2 N–H and O–H groups in total. The van der Waals surface area contributed by atoms with Crippen molar-refractivity contribution in [2.24, 2.45) is 0 Å². The number of ether oxygens (including phenoxy) is 1. The van der Waals surface area contributed by atoms with Crippen molar-refractivity contribution < 1.29 is 14.3 Å². The number of pyridine rings is 1. The summed E-state index contributed by atoms with van der Waals surface area (Å²) in [6, 6.07) is 5.82. The Morgan fingerprint density at radius 3 is 3.04 bits per heavy atom. The Balaban J connectivity index is 1.72. The van der Waals surface area contributed by atoms with Crippen LogP contribution in [0.15, 0.2) is 30.6 Å². The van der Waals surface area contributed by atoms with Gasteiger partial charge in [0.1, 0.15) is 17.2 Å². The van der Waals surface area contributed by atoms with Gasteiger partial charge in [-0.05, 0) is 36.1 Å². The number of fused-ring (bicyclic) bond motifs is 1. The molecule has 0 aromatic carbocycles. The molecule has 0 fully saturated rings. The van der Waals surface area contributed by atoms with Crippen LogP contribution in [0.3, 0.4) is 0 Å². The van der Waals surface area contributed by atoms with Gasteiger partial charge in [0, 0.05) is 36.8 Å². The summed E-state index contributed by atoms with van der Waals surface area (Å²) in [4.78, 5) is 28.6. The molecule has 1 aliphatic rings. The molecule has 3 rings (SSSR count). The summed E-state index contributed by atoms with van der Waals surface area (Å²) in [6.45, 7) is 0. The number of amides is 2. The van der Waals surface area contributed by atoms with Crippen LogP contribution in [0.5, 0.6) is 0 Å². The van der Waals surface area contributed by atoms with Crippen molar-refractivity contribution in [3.8, 4) is 6.07 Å². The maximum atomic E-state index is 12.2. The molecule has 2 heterocycles. The van der Waals surface area contributed by atoms with Gasteiger partial charge in [-0.25, -0.2) is 4.79 Å². The summed E-state index contributed by atoms with van der Waals surface area (Å²) in [5, 5.41) is 15.3. The van der Waals surface area contributed by atoms with Crippen molar-refractivity contribution in [2.45, 2.75) is 25.4 Å². The first-order chi connectivity index (χ1) is 13.1. The first kappa shape index (κ1) is 18.6. The van der Waals surface area contributed by atoms with E-state index in [1.165, 1.54) is 24.5 Å². The van der Waals surface area contributed by atoms with Gasteiger partial charge in [0.05, 0.1) is 5.56 Å². The Bertz CT molecular complexity index is 915. The lowest BCUT2D eigenvalue weighted by Crippen LogP contribution is -2.29. The van der Waals surface area contributed by atoms with E-state index >= 15 is 0 Å². The number of rotatable bonds is 4. The van der Waals surface area contributed by atoms with Gasteiger partial charge in [-0.1, -0.05) is 6.07 Å². The summed E-state index contributed by atoms with van der Waals surface area (Å²) in [5.41, 5.74) is 2.25. The molecule has 2 aromatic heterocycles. The maximum absolute atomic E-state index is 12.2. The molecule has 2 amide bonds. The van der Waals surface area contributed by atoms with Gasteiger partial charge in [0.2, 0.25) is 5.91 Å². The van der Waals surface area contributed by atoms with Crippen molar-refractivity contribution in [2.75, 3.05) is 12.4 Å². The predicted molar refractivity (Wildman–Crippen MR) is 102 cm³/mol. The van der Waals surface area contributed by atoms with Crippen LogP contribution < -0.4 is 10.6 Å². The van der Waals surface area contributed by atoms with E-state index in [9.17, 15) is 14.9 Å². The molecule has 1 atom stereocenters. The van der Waals surface area contributed by atoms with E-state index < -0.39 is 6.09 Å². The molecule has 1 unspecified atom stereocenters. The predicted octanol–water partition coefficient (Wildman–Crippen LogP) is 2.88. The summed E-state index contributed by atoms with van der Waals surface area (Å²) in [6.07, 6.45) is 7.53. The Kier molecular flexibility index (Phi) is 5.84. The highest BCUT2D eigenvalue weighted by atomic mass is 32.1. The molecular weight excluding hydrogens is 364 g/mol. The second-order valence-corrected chi connectivity index (χ2v) is 7.05. The number of hydrogen-bond donors (Lipinski definition) is 2. The Labute approximate surface area is 160 Å². The average molecular weight is 382 g/mol. The Morgan fingerprint density at radius 2 is 2.33 bits per heavy atom. The minimum Gasteiger partial charge on any atom is -0.446 e. The normalized spacial score (nSPS) is 15.6. The lowest BCUT2D eigenvalue weighted by molar-refractivity contribution is -0.111. The fourth-order valence-electron chi connectivity index (χ4n) is 2.87. The van der Waals surface area contributed by atoms with Crippen LogP contribution in [0.1, 0.15) is 28.0 Å². The van der Waals surface area contributed by atoms with Gasteiger partial charge in [-0.3, -0.25) is 9.78 Å². The zero-order valence-electron chi connectivity index (χ0n) is 14.7. The Morgan fingerprint density at radius 1 is 1.48 bits per heavy atom. The topological polar surface area (TPSA) is 104 Å². The van der Waals surface area contributed by atoms with Crippen LogP contribution in [-0.2, 0) is 22.4 Å². The highest BCUT2D eigenvalue weighted by Crippen LogP contribution is 2.38. The smallest absolute Gasteiger partial charge is 0.407 e. The van der Waals surface area contributed by atoms with E-state index in [4.69, 9.17) is 4.74 Å². The third kappa shape index (κ3) is 4.51. The van der Waals surface area contributed by atoms with Crippen molar-refractivity contribution in [1.29, 1.82) is 5.26 Å². The van der Waals surface area contributed by atoms with E-state index in [1.54, 1.807) is 24.5 Å². The summed E-state index contributed by atoms with van der Waals surface area (Å²) in [7, 11) is 1.52. The third-order valence-electron chi connectivity index (χ3n) is 4.16. The highest BCUT2D eigenvalue weighted by molar-refractivity contribution is 7.16. The summed E-state index contributed by atoms with van der Waals surface area (Å²) < 4.78 is 5.32. The molecule has 0 saturated carbocycles. The molecule has 8 heteroatoms. The third-order valence-corrected chi connectivity index (χ3v) is 5.33. The molecule has 0 saturated heterocycles. The highest BCUT2D eigenvalue weighted by Gasteiger charge is 2.28. The van der Waals surface area contributed by atoms with Crippen LogP contribution >= 0.6 is 11.3 Å². The Hall–Kier alpha value is -3.18. The van der Waals surface area contributed by atoms with Crippen LogP contribution in [0.4, 0.5) is 9.80 Å². The quantitative estimate of drug-likeness (QED) is 0.791. The lowest BCUT2D eigenvalue weighted by atomic mass is 9.94. The number of nitrogens with zero attached hydrogens (tertiary/aromatic N) is 2. The number of alkyl carbamates (subject to hydrolysis) is 1. The maximum Gasteiger partial charge on any atom is 0.407 e. The number of carbonyl (C=O) groups excluding carboxylic acids is 2. The lowest BCUT2D eigenvalue weighted by Gasteiger charge is -2.22. The molecule has 27 heavy (non-hydrogen) atoms. The van der Waals surface area contributed by atoms with E-state index in [0.717, 1.165) is 16.0 Å². The minimum atomic E-state index is -0.463. The number of anilines is 1. The number of nitriles is 1. The van der Waals surface area contributed by atoms with Crippen molar-refractivity contribution in [3.05, 3.63) is 52.2 Å². The van der Waals surface area contributed by atoms with Gasteiger partial charge in [0.15, 0.2) is 0 Å². The monoisotopic (exact) mass is 382 g/mol. The molecule has 0 bridgehead atoms. The second kappa shape index (κ2) is 8.47. The first-order valence-corrected chi connectivity index (χ1v) is 9.24. The van der Waals surface area contributed by atoms with Crippen molar-refractivity contribution in [1.82, 2.24) is 10.3 Å². The SMILES string of the molecule is CNC(=O)OC1CCc2c(sc(NC(=O)/C=C/c3cccnc3)c2C#N)C1. The molecule has 138 valence electrons. The standard InChI is InChI=1S/C19H18N4O3S/c1-21-19(25)26-13-5-6-14-15(10-20)18(27-16(14)9-13)23-17(24)7-4-12-3-2-8-22-11-12/h2-4,7-8,11,13H,5-6,9H2,1H3,(H,21,25)(H,23,24)/b7-4+. The number of hydrogen-bond acceptors (Lipinski definition) is 6. The molecule has 2 aromatic rings. The number of carbonyl (C=O) groups is 2. The van der Waals surface area contributed by atoms with Crippen LogP contribution in [-0.4, -0.2) is 30.1 Å². The van der Waals surface area contributed by atoms with Gasteiger partial charge < -0.3 is 15.4 Å².